The number of aryl methyl sites for hydroxylation is 1. The Morgan fingerprint density at radius 1 is 1.27 bits per heavy atom. The number of hydrogen-bond donors (Lipinski definition) is 2. The normalized spacial score (nSPS) is 20.6. The van der Waals surface area contributed by atoms with E-state index >= 15 is 0 Å². The molecule has 1 aromatic rings. The van der Waals surface area contributed by atoms with Crippen LogP contribution in [-0.4, -0.2) is 27.5 Å². The number of hydrogen-bond acceptors (Lipinski definition) is 3. The predicted molar refractivity (Wildman–Crippen MR) is 77.0 cm³/mol. The molecule has 0 saturated carbocycles. The Labute approximate surface area is 128 Å². The largest absolute Gasteiger partial charge is 0.416 e. The van der Waals surface area contributed by atoms with Gasteiger partial charge in [-0.1, -0.05) is 12.5 Å². The van der Waals surface area contributed by atoms with E-state index in [0.717, 1.165) is 25.5 Å². The van der Waals surface area contributed by atoms with E-state index in [4.69, 9.17) is 0 Å². The van der Waals surface area contributed by atoms with E-state index in [2.05, 4.69) is 10.0 Å². The highest BCUT2D eigenvalue weighted by atomic mass is 32.2. The summed E-state index contributed by atoms with van der Waals surface area (Å²) in [5.41, 5.74) is -0.667. The Bertz CT molecular complexity index is 621. The molecule has 0 bridgehead atoms. The standard InChI is InChI=1S/C14H19F3N2O2S/c1-10-5-6-11(14(15,16)17)8-13(10)22(20,21)19-12-4-2-3-7-18-9-12/h5-6,8,12,18-19H,2-4,7,9H2,1H3. The van der Waals surface area contributed by atoms with Crippen LogP contribution < -0.4 is 10.0 Å². The van der Waals surface area contributed by atoms with Crippen LogP contribution in [0.3, 0.4) is 0 Å². The van der Waals surface area contributed by atoms with Crippen molar-refractivity contribution in [1.29, 1.82) is 0 Å². The van der Waals surface area contributed by atoms with E-state index in [9.17, 15) is 21.6 Å². The summed E-state index contributed by atoms with van der Waals surface area (Å²) in [4.78, 5) is -0.313. The summed E-state index contributed by atoms with van der Waals surface area (Å²) >= 11 is 0. The first-order valence-electron chi connectivity index (χ1n) is 7.11. The molecular weight excluding hydrogens is 317 g/mol. The average molecular weight is 336 g/mol. The third kappa shape index (κ3) is 4.21. The molecule has 0 radical (unpaired) electrons. The van der Waals surface area contributed by atoms with Crippen LogP contribution in [0.25, 0.3) is 0 Å². The highest BCUT2D eigenvalue weighted by molar-refractivity contribution is 7.89. The third-order valence-corrected chi connectivity index (χ3v) is 5.34. The van der Waals surface area contributed by atoms with Gasteiger partial charge in [-0.15, -0.1) is 0 Å². The van der Waals surface area contributed by atoms with Crippen molar-refractivity contribution in [3.63, 3.8) is 0 Å². The van der Waals surface area contributed by atoms with Crippen LogP contribution in [0.2, 0.25) is 0 Å². The molecular formula is C14H19F3N2O2S. The van der Waals surface area contributed by atoms with Gasteiger partial charge >= 0.3 is 6.18 Å². The van der Waals surface area contributed by atoms with Gasteiger partial charge in [0, 0.05) is 12.6 Å². The molecule has 1 saturated heterocycles. The summed E-state index contributed by atoms with van der Waals surface area (Å²) in [7, 11) is -3.98. The highest BCUT2D eigenvalue weighted by Gasteiger charge is 2.32. The second-order valence-corrected chi connectivity index (χ2v) is 7.18. The van der Waals surface area contributed by atoms with Gasteiger partial charge in [-0.3, -0.25) is 0 Å². The first-order chi connectivity index (χ1) is 10.2. The van der Waals surface area contributed by atoms with Crippen molar-refractivity contribution >= 4 is 10.0 Å². The van der Waals surface area contributed by atoms with Crippen LogP contribution in [0.15, 0.2) is 23.1 Å². The molecule has 1 aromatic carbocycles. The Morgan fingerprint density at radius 3 is 2.68 bits per heavy atom. The molecule has 2 N–H and O–H groups in total. The lowest BCUT2D eigenvalue weighted by molar-refractivity contribution is -0.137. The molecule has 8 heteroatoms. The fourth-order valence-electron chi connectivity index (χ4n) is 2.47. The van der Waals surface area contributed by atoms with E-state index in [1.807, 2.05) is 0 Å². The molecule has 0 aliphatic carbocycles. The molecule has 1 fully saturated rings. The van der Waals surface area contributed by atoms with Crippen LogP contribution in [0.4, 0.5) is 13.2 Å². The van der Waals surface area contributed by atoms with Gasteiger partial charge in [0.1, 0.15) is 0 Å². The first-order valence-corrected chi connectivity index (χ1v) is 8.59. The summed E-state index contributed by atoms with van der Waals surface area (Å²) in [6.07, 6.45) is -2.06. The van der Waals surface area contributed by atoms with Gasteiger partial charge < -0.3 is 5.32 Å². The van der Waals surface area contributed by atoms with Crippen LogP contribution in [0.5, 0.6) is 0 Å². The van der Waals surface area contributed by atoms with Crippen LogP contribution in [0, 0.1) is 6.92 Å². The average Bonchev–Trinajstić information content (AvgIpc) is 2.65. The lowest BCUT2D eigenvalue weighted by atomic mass is 10.1. The molecule has 0 amide bonds. The van der Waals surface area contributed by atoms with Gasteiger partial charge in [0.05, 0.1) is 10.5 Å². The molecule has 0 spiro atoms. The van der Waals surface area contributed by atoms with E-state index in [0.29, 0.717) is 24.6 Å². The molecule has 1 unspecified atom stereocenters. The summed E-state index contributed by atoms with van der Waals surface area (Å²) < 4.78 is 65.7. The number of nitrogens with one attached hydrogen (secondary N) is 2. The minimum atomic E-state index is -4.57. The van der Waals surface area contributed by atoms with Gasteiger partial charge in [0.2, 0.25) is 10.0 Å². The molecule has 124 valence electrons. The maximum absolute atomic E-state index is 12.8. The summed E-state index contributed by atoms with van der Waals surface area (Å²) in [5, 5.41) is 3.11. The van der Waals surface area contributed by atoms with Crippen molar-refractivity contribution in [1.82, 2.24) is 10.0 Å². The van der Waals surface area contributed by atoms with Gasteiger partial charge in [-0.2, -0.15) is 13.2 Å². The fraction of sp³-hybridized carbons (Fsp3) is 0.571. The quantitative estimate of drug-likeness (QED) is 0.891. The smallest absolute Gasteiger partial charge is 0.315 e. The highest BCUT2D eigenvalue weighted by Crippen LogP contribution is 2.31. The van der Waals surface area contributed by atoms with Crippen molar-refractivity contribution in [3.8, 4) is 0 Å². The van der Waals surface area contributed by atoms with Gasteiger partial charge in [0.25, 0.3) is 0 Å². The van der Waals surface area contributed by atoms with Crippen LogP contribution in [-0.2, 0) is 16.2 Å². The Kier molecular flexibility index (Phi) is 5.14. The van der Waals surface area contributed by atoms with E-state index in [1.165, 1.54) is 13.0 Å². The Balaban J connectivity index is 2.28. The second kappa shape index (κ2) is 6.55. The molecule has 1 aliphatic rings. The lowest BCUT2D eigenvalue weighted by Crippen LogP contribution is -2.41. The van der Waals surface area contributed by atoms with Crippen molar-refractivity contribution in [3.05, 3.63) is 29.3 Å². The molecule has 1 aliphatic heterocycles. The molecule has 4 nitrogen and oxygen atoms in total. The maximum Gasteiger partial charge on any atom is 0.416 e. The Hall–Kier alpha value is -1.12. The van der Waals surface area contributed by atoms with E-state index in [-0.39, 0.29) is 10.9 Å². The fourth-order valence-corrected chi connectivity index (χ4v) is 4.01. The number of halogens is 3. The van der Waals surface area contributed by atoms with Gasteiger partial charge in [0.15, 0.2) is 0 Å². The number of rotatable bonds is 3. The van der Waals surface area contributed by atoms with Crippen molar-refractivity contribution in [2.24, 2.45) is 0 Å². The molecule has 1 atom stereocenters. The monoisotopic (exact) mass is 336 g/mol. The summed E-state index contributed by atoms with van der Waals surface area (Å²) in [6.45, 7) is 2.79. The SMILES string of the molecule is Cc1ccc(C(F)(F)F)cc1S(=O)(=O)NC1CCCCNC1. The van der Waals surface area contributed by atoms with Crippen molar-refractivity contribution < 1.29 is 21.6 Å². The predicted octanol–water partition coefficient (Wildman–Crippen LogP) is 2.43. The molecule has 22 heavy (non-hydrogen) atoms. The zero-order chi connectivity index (χ0) is 16.4. The third-order valence-electron chi connectivity index (χ3n) is 3.67. The zero-order valence-corrected chi connectivity index (χ0v) is 13.0. The number of sulfonamides is 1. The summed E-state index contributed by atoms with van der Waals surface area (Å²) in [6, 6.07) is 2.47. The second-order valence-electron chi connectivity index (χ2n) is 5.50. The van der Waals surface area contributed by atoms with Crippen LogP contribution in [0.1, 0.15) is 30.4 Å². The zero-order valence-electron chi connectivity index (χ0n) is 12.2. The minimum absolute atomic E-state index is 0.294. The Morgan fingerprint density at radius 2 is 2.00 bits per heavy atom. The van der Waals surface area contributed by atoms with Crippen molar-refractivity contribution in [2.75, 3.05) is 13.1 Å². The van der Waals surface area contributed by atoms with Gasteiger partial charge in [-0.25, -0.2) is 13.1 Å². The molecule has 2 rings (SSSR count). The lowest BCUT2D eigenvalue weighted by Gasteiger charge is -2.18. The summed E-state index contributed by atoms with van der Waals surface area (Å²) in [5.74, 6) is 0. The van der Waals surface area contributed by atoms with Crippen LogP contribution >= 0.6 is 0 Å². The van der Waals surface area contributed by atoms with Crippen molar-refractivity contribution in [2.45, 2.75) is 43.3 Å². The number of benzene rings is 1. The molecule has 0 aromatic heterocycles. The topological polar surface area (TPSA) is 58.2 Å². The first kappa shape index (κ1) is 17.2. The maximum atomic E-state index is 12.8. The minimum Gasteiger partial charge on any atom is -0.315 e. The molecule has 1 heterocycles. The van der Waals surface area contributed by atoms with E-state index < -0.39 is 21.8 Å². The van der Waals surface area contributed by atoms with Gasteiger partial charge in [-0.05, 0) is 44.0 Å². The number of alkyl halides is 3. The van der Waals surface area contributed by atoms with E-state index in [1.54, 1.807) is 0 Å².